The number of nitrogens with zero attached hydrogens (tertiary/aromatic N) is 2. The smallest absolute Gasteiger partial charge is 0.289 e. The molecule has 1 aromatic heterocycles. The highest BCUT2D eigenvalue weighted by molar-refractivity contribution is 6.31. The lowest BCUT2D eigenvalue weighted by atomic mass is 10.1. The maximum absolute atomic E-state index is 12.3. The van der Waals surface area contributed by atoms with E-state index in [1.807, 2.05) is 45.0 Å². The standard InChI is InChI=1S/C18H23ClN2O2/c1-5-6-7-13-8-10-14(11-9-13)23-15-12-20-21(18(2,3)4)17(22)16(15)19/h8-12H,5-7H2,1-4H3. The molecule has 2 aromatic rings. The van der Waals surface area contributed by atoms with Crippen molar-refractivity contribution < 1.29 is 4.74 Å². The van der Waals surface area contributed by atoms with Crippen molar-refractivity contribution in [3.8, 4) is 11.5 Å². The summed E-state index contributed by atoms with van der Waals surface area (Å²) >= 11 is 6.16. The first-order valence-electron chi connectivity index (χ1n) is 7.88. The fourth-order valence-corrected chi connectivity index (χ4v) is 2.37. The van der Waals surface area contributed by atoms with Gasteiger partial charge in [-0.3, -0.25) is 4.79 Å². The van der Waals surface area contributed by atoms with Crippen LogP contribution in [-0.2, 0) is 12.0 Å². The van der Waals surface area contributed by atoms with Crippen molar-refractivity contribution in [2.45, 2.75) is 52.5 Å². The van der Waals surface area contributed by atoms with Crippen molar-refractivity contribution in [2.75, 3.05) is 0 Å². The number of rotatable bonds is 5. The number of halogens is 1. The van der Waals surface area contributed by atoms with Gasteiger partial charge in [0.25, 0.3) is 5.56 Å². The molecule has 0 bridgehead atoms. The van der Waals surface area contributed by atoms with E-state index < -0.39 is 5.54 Å². The van der Waals surface area contributed by atoms with Gasteiger partial charge in [0.15, 0.2) is 10.8 Å². The Balaban J connectivity index is 2.21. The fourth-order valence-electron chi connectivity index (χ4n) is 2.20. The van der Waals surface area contributed by atoms with Gasteiger partial charge in [0.05, 0.1) is 11.7 Å². The van der Waals surface area contributed by atoms with Crippen LogP contribution >= 0.6 is 11.6 Å². The molecule has 0 aliphatic rings. The van der Waals surface area contributed by atoms with E-state index in [0.717, 1.165) is 6.42 Å². The molecule has 0 unspecified atom stereocenters. The summed E-state index contributed by atoms with van der Waals surface area (Å²) < 4.78 is 7.07. The monoisotopic (exact) mass is 334 g/mol. The highest BCUT2D eigenvalue weighted by Crippen LogP contribution is 2.27. The quantitative estimate of drug-likeness (QED) is 0.789. The highest BCUT2D eigenvalue weighted by atomic mass is 35.5. The Bertz CT molecular complexity index is 715. The average Bonchev–Trinajstić information content (AvgIpc) is 2.50. The Hall–Kier alpha value is -1.81. The van der Waals surface area contributed by atoms with Crippen LogP contribution in [0.1, 0.15) is 46.1 Å². The second-order valence-corrected chi connectivity index (χ2v) is 6.94. The SMILES string of the molecule is CCCCc1ccc(Oc2cnn(C(C)(C)C)c(=O)c2Cl)cc1. The lowest BCUT2D eigenvalue weighted by Gasteiger charge is -2.21. The molecule has 0 amide bonds. The summed E-state index contributed by atoms with van der Waals surface area (Å²) in [4.78, 5) is 12.3. The Labute approximate surface area is 142 Å². The summed E-state index contributed by atoms with van der Waals surface area (Å²) in [6.07, 6.45) is 4.88. The molecule has 2 rings (SSSR count). The third-order valence-electron chi connectivity index (χ3n) is 3.49. The minimum atomic E-state index is -0.430. The number of aryl methyl sites for hydroxylation is 1. The van der Waals surface area contributed by atoms with Crippen LogP contribution in [0.3, 0.4) is 0 Å². The van der Waals surface area contributed by atoms with Gasteiger partial charge in [0, 0.05) is 0 Å². The van der Waals surface area contributed by atoms with Gasteiger partial charge in [-0.1, -0.05) is 37.1 Å². The van der Waals surface area contributed by atoms with E-state index in [1.165, 1.54) is 29.3 Å². The normalized spacial score (nSPS) is 11.5. The predicted octanol–water partition coefficient (Wildman–Crippen LogP) is 4.79. The maximum Gasteiger partial charge on any atom is 0.289 e. The highest BCUT2D eigenvalue weighted by Gasteiger charge is 2.20. The molecule has 0 atom stereocenters. The van der Waals surface area contributed by atoms with Crippen LogP contribution in [0, 0.1) is 0 Å². The summed E-state index contributed by atoms with van der Waals surface area (Å²) in [6, 6.07) is 7.83. The van der Waals surface area contributed by atoms with Crippen LogP contribution in [0.15, 0.2) is 35.3 Å². The van der Waals surface area contributed by atoms with Crippen molar-refractivity contribution in [2.24, 2.45) is 0 Å². The van der Waals surface area contributed by atoms with E-state index in [0.29, 0.717) is 5.75 Å². The van der Waals surface area contributed by atoms with Crippen molar-refractivity contribution in [3.05, 3.63) is 51.4 Å². The first-order chi connectivity index (χ1) is 10.8. The summed E-state index contributed by atoms with van der Waals surface area (Å²) in [6.45, 7) is 7.86. The van der Waals surface area contributed by atoms with Gasteiger partial charge in [0.1, 0.15) is 5.75 Å². The molecule has 0 N–H and O–H groups in total. The Morgan fingerprint density at radius 3 is 2.43 bits per heavy atom. The van der Waals surface area contributed by atoms with Crippen LogP contribution < -0.4 is 10.3 Å². The van der Waals surface area contributed by atoms with Gasteiger partial charge in [0.2, 0.25) is 0 Å². The third-order valence-corrected chi connectivity index (χ3v) is 3.84. The van der Waals surface area contributed by atoms with Crippen LogP contribution in [0.5, 0.6) is 11.5 Å². The second kappa shape index (κ2) is 7.18. The molecule has 5 heteroatoms. The van der Waals surface area contributed by atoms with Crippen LogP contribution in [0.4, 0.5) is 0 Å². The molecule has 0 fully saturated rings. The molecule has 0 aliphatic carbocycles. The summed E-state index contributed by atoms with van der Waals surface area (Å²) in [5.41, 5.74) is 0.489. The third kappa shape index (κ3) is 4.35. The zero-order valence-electron chi connectivity index (χ0n) is 14.1. The largest absolute Gasteiger partial charge is 0.454 e. The number of aromatic nitrogens is 2. The van der Waals surface area contributed by atoms with E-state index in [1.54, 1.807) is 0 Å². The minimum absolute atomic E-state index is 0.0463. The molecule has 1 aromatic carbocycles. The molecule has 0 aliphatic heterocycles. The lowest BCUT2D eigenvalue weighted by Crippen LogP contribution is -2.36. The predicted molar refractivity (Wildman–Crippen MR) is 93.6 cm³/mol. The van der Waals surface area contributed by atoms with E-state index >= 15 is 0 Å². The van der Waals surface area contributed by atoms with E-state index in [-0.39, 0.29) is 16.3 Å². The van der Waals surface area contributed by atoms with Crippen molar-refractivity contribution in [1.29, 1.82) is 0 Å². The van der Waals surface area contributed by atoms with E-state index in [2.05, 4.69) is 12.0 Å². The average molecular weight is 335 g/mol. The molecular weight excluding hydrogens is 312 g/mol. The Kier molecular flexibility index (Phi) is 5.47. The molecule has 23 heavy (non-hydrogen) atoms. The summed E-state index contributed by atoms with van der Waals surface area (Å²) in [5.74, 6) is 0.917. The van der Waals surface area contributed by atoms with Crippen molar-refractivity contribution in [3.63, 3.8) is 0 Å². The van der Waals surface area contributed by atoms with Crippen LogP contribution in [0.25, 0.3) is 0 Å². The number of unbranched alkanes of at least 4 members (excludes halogenated alkanes) is 1. The number of benzene rings is 1. The van der Waals surface area contributed by atoms with Crippen LogP contribution in [-0.4, -0.2) is 9.78 Å². The molecule has 124 valence electrons. The topological polar surface area (TPSA) is 44.1 Å². The summed E-state index contributed by atoms with van der Waals surface area (Å²) in [5, 5.41) is 4.21. The second-order valence-electron chi connectivity index (χ2n) is 6.56. The number of ether oxygens (including phenoxy) is 1. The molecular formula is C18H23ClN2O2. The number of hydrogen-bond donors (Lipinski definition) is 0. The fraction of sp³-hybridized carbons (Fsp3) is 0.444. The van der Waals surface area contributed by atoms with Gasteiger partial charge >= 0.3 is 0 Å². The number of hydrogen-bond acceptors (Lipinski definition) is 3. The molecule has 0 saturated heterocycles. The maximum atomic E-state index is 12.3. The lowest BCUT2D eigenvalue weighted by molar-refractivity contribution is 0.333. The van der Waals surface area contributed by atoms with Gasteiger partial charge in [-0.15, -0.1) is 0 Å². The zero-order chi connectivity index (χ0) is 17.0. The molecule has 0 spiro atoms. The van der Waals surface area contributed by atoms with Gasteiger partial charge in [-0.05, 0) is 51.3 Å². The first kappa shape index (κ1) is 17.5. The molecule has 0 saturated carbocycles. The van der Waals surface area contributed by atoms with Crippen molar-refractivity contribution in [1.82, 2.24) is 9.78 Å². The Morgan fingerprint density at radius 2 is 1.87 bits per heavy atom. The Morgan fingerprint density at radius 1 is 1.22 bits per heavy atom. The van der Waals surface area contributed by atoms with Gasteiger partial charge < -0.3 is 4.74 Å². The molecule has 1 heterocycles. The molecule has 4 nitrogen and oxygen atoms in total. The molecule has 0 radical (unpaired) electrons. The minimum Gasteiger partial charge on any atom is -0.454 e. The zero-order valence-corrected chi connectivity index (χ0v) is 14.9. The van der Waals surface area contributed by atoms with Crippen LogP contribution in [0.2, 0.25) is 5.02 Å². The van der Waals surface area contributed by atoms with E-state index in [9.17, 15) is 4.79 Å². The summed E-state index contributed by atoms with van der Waals surface area (Å²) in [7, 11) is 0. The van der Waals surface area contributed by atoms with Gasteiger partial charge in [-0.2, -0.15) is 5.10 Å². The van der Waals surface area contributed by atoms with Gasteiger partial charge in [-0.25, -0.2) is 4.68 Å². The van der Waals surface area contributed by atoms with E-state index in [4.69, 9.17) is 16.3 Å². The first-order valence-corrected chi connectivity index (χ1v) is 8.26. The van der Waals surface area contributed by atoms with Crippen molar-refractivity contribution >= 4 is 11.6 Å².